The topological polar surface area (TPSA) is 52.1 Å². The van der Waals surface area contributed by atoms with E-state index in [9.17, 15) is 0 Å². The molecule has 0 aromatic heterocycles. The Labute approximate surface area is 159 Å². The van der Waals surface area contributed by atoms with Gasteiger partial charge in [-0.1, -0.05) is 13.8 Å². The van der Waals surface area contributed by atoms with Gasteiger partial charge in [-0.05, 0) is 19.4 Å². The number of ether oxygens (including phenoxy) is 1. The van der Waals surface area contributed by atoms with Gasteiger partial charge in [-0.25, -0.2) is 0 Å². The summed E-state index contributed by atoms with van der Waals surface area (Å²) in [5.74, 6) is 1.47. The standard InChI is InChI=1S/C16H35N5O.HI/c1-5-20-8-10-21(11-9-20)14-15(3)13-19-16(17-4)18-7-12-22-6-2;/h15H,5-14H2,1-4H3,(H2,17,18,19);1H. The van der Waals surface area contributed by atoms with Gasteiger partial charge in [0, 0.05) is 59.5 Å². The maximum Gasteiger partial charge on any atom is 0.191 e. The normalized spacial score (nSPS) is 18.3. The number of piperazine rings is 1. The third-order valence-corrected chi connectivity index (χ3v) is 4.07. The Morgan fingerprint density at radius 3 is 2.35 bits per heavy atom. The van der Waals surface area contributed by atoms with E-state index < -0.39 is 0 Å². The van der Waals surface area contributed by atoms with E-state index in [1.165, 1.54) is 32.7 Å². The third-order valence-electron chi connectivity index (χ3n) is 4.07. The number of guanidine groups is 1. The summed E-state index contributed by atoms with van der Waals surface area (Å²) in [5.41, 5.74) is 0. The fourth-order valence-corrected chi connectivity index (χ4v) is 2.67. The summed E-state index contributed by atoms with van der Waals surface area (Å²) < 4.78 is 5.32. The van der Waals surface area contributed by atoms with Crippen LogP contribution in [0.4, 0.5) is 0 Å². The van der Waals surface area contributed by atoms with Gasteiger partial charge in [0.25, 0.3) is 0 Å². The lowest BCUT2D eigenvalue weighted by Gasteiger charge is -2.35. The van der Waals surface area contributed by atoms with Gasteiger partial charge in [0.15, 0.2) is 5.96 Å². The summed E-state index contributed by atoms with van der Waals surface area (Å²) in [6.45, 7) is 16.9. The molecule has 1 aliphatic heterocycles. The predicted octanol–water partition coefficient (Wildman–Crippen LogP) is 1.08. The molecule has 23 heavy (non-hydrogen) atoms. The van der Waals surface area contributed by atoms with E-state index in [1.54, 1.807) is 0 Å². The van der Waals surface area contributed by atoms with Crippen molar-refractivity contribution in [3.63, 3.8) is 0 Å². The smallest absolute Gasteiger partial charge is 0.191 e. The molecule has 0 bridgehead atoms. The van der Waals surface area contributed by atoms with Crippen LogP contribution in [0.3, 0.4) is 0 Å². The number of hydrogen-bond donors (Lipinski definition) is 2. The highest BCUT2D eigenvalue weighted by Crippen LogP contribution is 2.04. The number of halogens is 1. The molecule has 0 aromatic carbocycles. The lowest BCUT2D eigenvalue weighted by atomic mass is 10.1. The number of nitrogens with zero attached hydrogens (tertiary/aromatic N) is 3. The number of likely N-dealkylation sites (N-methyl/N-ethyl adjacent to an activating group) is 1. The molecule has 138 valence electrons. The summed E-state index contributed by atoms with van der Waals surface area (Å²) in [6.07, 6.45) is 0. The molecule has 0 spiro atoms. The summed E-state index contributed by atoms with van der Waals surface area (Å²) in [4.78, 5) is 9.33. The van der Waals surface area contributed by atoms with Crippen LogP contribution in [0.5, 0.6) is 0 Å². The summed E-state index contributed by atoms with van der Waals surface area (Å²) in [7, 11) is 1.81. The zero-order valence-corrected chi connectivity index (χ0v) is 17.6. The molecule has 1 fully saturated rings. The highest BCUT2D eigenvalue weighted by Gasteiger charge is 2.17. The molecule has 0 aliphatic carbocycles. The molecule has 2 N–H and O–H groups in total. The van der Waals surface area contributed by atoms with Crippen LogP contribution in [0, 0.1) is 5.92 Å². The van der Waals surface area contributed by atoms with Crippen LogP contribution in [-0.2, 0) is 4.74 Å². The van der Waals surface area contributed by atoms with Gasteiger partial charge in [-0.2, -0.15) is 0 Å². The molecule has 1 aliphatic rings. The minimum atomic E-state index is 0. The molecular formula is C16H36IN5O. The third kappa shape index (κ3) is 10.4. The van der Waals surface area contributed by atoms with Crippen LogP contribution in [0.2, 0.25) is 0 Å². The van der Waals surface area contributed by atoms with Crippen molar-refractivity contribution in [2.75, 3.05) is 72.6 Å². The predicted molar refractivity (Wildman–Crippen MR) is 109 cm³/mol. The van der Waals surface area contributed by atoms with E-state index in [1.807, 2.05) is 14.0 Å². The molecule has 1 saturated heterocycles. The molecule has 0 radical (unpaired) electrons. The van der Waals surface area contributed by atoms with Crippen molar-refractivity contribution in [1.29, 1.82) is 0 Å². The number of aliphatic imine (C=N–C) groups is 1. The molecule has 0 amide bonds. The number of hydrogen-bond acceptors (Lipinski definition) is 4. The van der Waals surface area contributed by atoms with E-state index in [-0.39, 0.29) is 24.0 Å². The first-order valence-corrected chi connectivity index (χ1v) is 8.66. The fraction of sp³-hybridized carbons (Fsp3) is 0.938. The second kappa shape index (κ2) is 14.2. The maximum absolute atomic E-state index is 5.32. The van der Waals surface area contributed by atoms with Gasteiger partial charge >= 0.3 is 0 Å². The van der Waals surface area contributed by atoms with E-state index in [0.717, 1.165) is 32.2 Å². The fourth-order valence-electron chi connectivity index (χ4n) is 2.67. The minimum absolute atomic E-state index is 0. The van der Waals surface area contributed by atoms with Crippen LogP contribution in [-0.4, -0.2) is 88.4 Å². The largest absolute Gasteiger partial charge is 0.380 e. The van der Waals surface area contributed by atoms with Crippen LogP contribution < -0.4 is 10.6 Å². The van der Waals surface area contributed by atoms with Gasteiger partial charge in [-0.3, -0.25) is 4.99 Å². The molecule has 6 nitrogen and oxygen atoms in total. The lowest BCUT2D eigenvalue weighted by Crippen LogP contribution is -2.48. The minimum Gasteiger partial charge on any atom is -0.380 e. The van der Waals surface area contributed by atoms with Gasteiger partial charge in [0.2, 0.25) is 0 Å². The SMILES string of the molecule is CCOCCNC(=NC)NCC(C)CN1CCN(CC)CC1.I. The quantitative estimate of drug-likeness (QED) is 0.243. The average molecular weight is 441 g/mol. The van der Waals surface area contributed by atoms with Crippen molar-refractivity contribution >= 4 is 29.9 Å². The summed E-state index contributed by atoms with van der Waals surface area (Å²) in [5, 5.41) is 6.67. The van der Waals surface area contributed by atoms with Crippen molar-refractivity contribution in [1.82, 2.24) is 20.4 Å². The first-order chi connectivity index (χ1) is 10.7. The maximum atomic E-state index is 5.32. The molecule has 1 unspecified atom stereocenters. The Bertz CT molecular complexity index is 309. The molecule has 0 saturated carbocycles. The van der Waals surface area contributed by atoms with E-state index in [2.05, 4.69) is 39.3 Å². The van der Waals surface area contributed by atoms with Crippen molar-refractivity contribution in [2.45, 2.75) is 20.8 Å². The van der Waals surface area contributed by atoms with Crippen LogP contribution in [0.15, 0.2) is 4.99 Å². The highest BCUT2D eigenvalue weighted by atomic mass is 127. The Kier molecular flexibility index (Phi) is 14.2. The molecule has 1 rings (SSSR count). The van der Waals surface area contributed by atoms with Crippen molar-refractivity contribution < 1.29 is 4.74 Å². The van der Waals surface area contributed by atoms with Gasteiger partial charge in [-0.15, -0.1) is 24.0 Å². The van der Waals surface area contributed by atoms with Gasteiger partial charge in [0.1, 0.15) is 0 Å². The monoisotopic (exact) mass is 441 g/mol. The number of nitrogens with one attached hydrogen (secondary N) is 2. The first kappa shape index (κ1) is 22.9. The molecule has 1 atom stereocenters. The van der Waals surface area contributed by atoms with E-state index >= 15 is 0 Å². The van der Waals surface area contributed by atoms with Crippen LogP contribution >= 0.6 is 24.0 Å². The van der Waals surface area contributed by atoms with Crippen LogP contribution in [0.25, 0.3) is 0 Å². The lowest BCUT2D eigenvalue weighted by molar-refractivity contribution is 0.124. The Hall–Kier alpha value is -0.120. The highest BCUT2D eigenvalue weighted by molar-refractivity contribution is 14.0. The molecule has 0 aromatic rings. The zero-order valence-electron chi connectivity index (χ0n) is 15.3. The van der Waals surface area contributed by atoms with E-state index in [0.29, 0.717) is 12.5 Å². The summed E-state index contributed by atoms with van der Waals surface area (Å²) in [6, 6.07) is 0. The van der Waals surface area contributed by atoms with Crippen molar-refractivity contribution in [3.05, 3.63) is 0 Å². The molecular weight excluding hydrogens is 405 g/mol. The second-order valence-electron chi connectivity index (χ2n) is 5.92. The summed E-state index contributed by atoms with van der Waals surface area (Å²) >= 11 is 0. The Morgan fingerprint density at radius 1 is 1.13 bits per heavy atom. The molecule has 1 heterocycles. The average Bonchev–Trinajstić information content (AvgIpc) is 2.55. The molecule has 7 heteroatoms. The van der Waals surface area contributed by atoms with Crippen molar-refractivity contribution in [3.8, 4) is 0 Å². The van der Waals surface area contributed by atoms with Gasteiger partial charge in [0.05, 0.1) is 6.61 Å². The number of rotatable bonds is 9. The van der Waals surface area contributed by atoms with E-state index in [4.69, 9.17) is 4.74 Å². The first-order valence-electron chi connectivity index (χ1n) is 8.66. The van der Waals surface area contributed by atoms with Gasteiger partial charge < -0.3 is 25.2 Å². The second-order valence-corrected chi connectivity index (χ2v) is 5.92. The van der Waals surface area contributed by atoms with Crippen molar-refractivity contribution in [2.24, 2.45) is 10.9 Å². The Morgan fingerprint density at radius 2 is 1.78 bits per heavy atom. The Balaban J connectivity index is 0.00000484. The van der Waals surface area contributed by atoms with Crippen LogP contribution in [0.1, 0.15) is 20.8 Å². The zero-order chi connectivity index (χ0) is 16.2.